The van der Waals surface area contributed by atoms with Gasteiger partial charge in [-0.25, -0.2) is 9.55 Å². The van der Waals surface area contributed by atoms with E-state index in [-0.39, 0.29) is 12.0 Å². The Kier molecular flexibility index (Phi) is 6.12. The summed E-state index contributed by atoms with van der Waals surface area (Å²) < 4.78 is 17.7. The Hall–Kier alpha value is -2.17. The lowest BCUT2D eigenvalue weighted by atomic mass is 9.96. The normalized spacial score (nSPS) is 14.6. The van der Waals surface area contributed by atoms with Gasteiger partial charge >= 0.3 is 13.6 Å². The van der Waals surface area contributed by atoms with Gasteiger partial charge in [0.2, 0.25) is 5.88 Å². The predicted molar refractivity (Wildman–Crippen MR) is 90.1 cm³/mol. The van der Waals surface area contributed by atoms with Crippen molar-refractivity contribution in [3.8, 4) is 5.88 Å². The Morgan fingerprint density at radius 1 is 1.25 bits per heavy atom. The standard InChI is InChI=1S/C17H20NO5P/c1-2-7-15(17(19)20)14-10-6-11-18-16(14)23-24(21,22)12-13-8-4-3-5-9-13/h3-6,8-11,15H,2,7,12H2,1H3,(H,19,20)(H,21,22). The molecule has 7 heteroatoms. The van der Waals surface area contributed by atoms with E-state index in [1.165, 1.54) is 6.20 Å². The number of aromatic nitrogens is 1. The van der Waals surface area contributed by atoms with E-state index in [0.717, 1.165) is 0 Å². The van der Waals surface area contributed by atoms with Crippen LogP contribution >= 0.6 is 7.60 Å². The minimum atomic E-state index is -4.01. The van der Waals surface area contributed by atoms with Gasteiger partial charge in [0.1, 0.15) is 0 Å². The molecule has 1 aromatic heterocycles. The van der Waals surface area contributed by atoms with Crippen LogP contribution in [0.1, 0.15) is 36.8 Å². The Morgan fingerprint density at radius 2 is 1.96 bits per heavy atom. The smallest absolute Gasteiger partial charge is 0.382 e. The lowest BCUT2D eigenvalue weighted by Gasteiger charge is -2.18. The number of hydrogen-bond acceptors (Lipinski definition) is 4. The van der Waals surface area contributed by atoms with Gasteiger partial charge in [-0.1, -0.05) is 49.7 Å². The highest BCUT2D eigenvalue weighted by Crippen LogP contribution is 2.47. The fourth-order valence-electron chi connectivity index (χ4n) is 2.43. The molecule has 1 aromatic carbocycles. The molecule has 2 unspecified atom stereocenters. The van der Waals surface area contributed by atoms with Crippen LogP contribution in [0.4, 0.5) is 0 Å². The summed E-state index contributed by atoms with van der Waals surface area (Å²) in [6, 6.07) is 12.0. The van der Waals surface area contributed by atoms with Crippen molar-refractivity contribution >= 4 is 13.6 Å². The summed E-state index contributed by atoms with van der Waals surface area (Å²) in [5.74, 6) is -1.93. The molecule has 2 rings (SSSR count). The zero-order valence-electron chi connectivity index (χ0n) is 13.3. The van der Waals surface area contributed by atoms with Gasteiger partial charge in [-0.05, 0) is 18.1 Å². The summed E-state index contributed by atoms with van der Waals surface area (Å²) in [5, 5.41) is 9.40. The molecule has 0 saturated carbocycles. The molecular formula is C17H20NO5P. The molecule has 2 N–H and O–H groups in total. The molecule has 2 atom stereocenters. The highest BCUT2D eigenvalue weighted by atomic mass is 31.2. The van der Waals surface area contributed by atoms with Gasteiger partial charge in [-0.2, -0.15) is 0 Å². The fraction of sp³-hybridized carbons (Fsp3) is 0.294. The second-order valence-electron chi connectivity index (χ2n) is 5.45. The summed E-state index contributed by atoms with van der Waals surface area (Å²) in [4.78, 5) is 25.6. The third-order valence-corrected chi connectivity index (χ3v) is 4.73. The van der Waals surface area contributed by atoms with E-state index in [1.54, 1.807) is 36.4 Å². The molecule has 0 aliphatic carbocycles. The van der Waals surface area contributed by atoms with Crippen molar-refractivity contribution in [1.82, 2.24) is 4.98 Å². The first-order chi connectivity index (χ1) is 11.4. The molecule has 0 spiro atoms. The first kappa shape index (κ1) is 18.2. The van der Waals surface area contributed by atoms with Crippen molar-refractivity contribution in [3.05, 3.63) is 59.8 Å². The van der Waals surface area contributed by atoms with Gasteiger partial charge in [0.05, 0.1) is 12.1 Å². The Balaban J connectivity index is 2.26. The molecule has 0 saturated heterocycles. The van der Waals surface area contributed by atoms with Gasteiger partial charge in [0.25, 0.3) is 0 Å². The molecule has 0 radical (unpaired) electrons. The maximum Gasteiger partial charge on any atom is 0.382 e. The van der Waals surface area contributed by atoms with Crippen LogP contribution in [0.15, 0.2) is 48.7 Å². The molecule has 0 amide bonds. The van der Waals surface area contributed by atoms with Gasteiger partial charge in [-0.15, -0.1) is 0 Å². The van der Waals surface area contributed by atoms with Crippen LogP contribution in [0.3, 0.4) is 0 Å². The number of benzene rings is 1. The Morgan fingerprint density at radius 3 is 2.58 bits per heavy atom. The van der Waals surface area contributed by atoms with E-state index in [2.05, 4.69) is 4.98 Å². The molecule has 2 aromatic rings. The van der Waals surface area contributed by atoms with Crippen LogP contribution < -0.4 is 4.52 Å². The number of nitrogens with zero attached hydrogens (tertiary/aromatic N) is 1. The number of carboxylic acids is 1. The number of rotatable bonds is 8. The van der Waals surface area contributed by atoms with E-state index in [0.29, 0.717) is 24.0 Å². The van der Waals surface area contributed by atoms with E-state index in [9.17, 15) is 19.4 Å². The highest BCUT2D eigenvalue weighted by Gasteiger charge is 2.28. The summed E-state index contributed by atoms with van der Waals surface area (Å²) in [6.07, 6.45) is 2.29. The Bertz CT molecular complexity index is 735. The van der Waals surface area contributed by atoms with Crippen molar-refractivity contribution in [3.63, 3.8) is 0 Å². The summed E-state index contributed by atoms with van der Waals surface area (Å²) in [6.45, 7) is 1.87. The number of hydrogen-bond donors (Lipinski definition) is 2. The zero-order chi connectivity index (χ0) is 17.6. The summed E-state index contributed by atoms with van der Waals surface area (Å²) >= 11 is 0. The molecule has 6 nitrogen and oxygen atoms in total. The van der Waals surface area contributed by atoms with Crippen LogP contribution in [-0.2, 0) is 15.5 Å². The lowest BCUT2D eigenvalue weighted by molar-refractivity contribution is -0.139. The van der Waals surface area contributed by atoms with Crippen molar-refractivity contribution in [1.29, 1.82) is 0 Å². The topological polar surface area (TPSA) is 96.7 Å². The maximum atomic E-state index is 12.4. The van der Waals surface area contributed by atoms with Gasteiger partial charge in [0, 0.05) is 11.8 Å². The summed E-state index contributed by atoms with van der Waals surface area (Å²) in [5.41, 5.74) is 0.971. The Labute approximate surface area is 140 Å². The predicted octanol–water partition coefficient (Wildman–Crippen LogP) is 3.81. The first-order valence-electron chi connectivity index (χ1n) is 7.66. The summed E-state index contributed by atoms with van der Waals surface area (Å²) in [7, 11) is -4.01. The average Bonchev–Trinajstić information content (AvgIpc) is 2.53. The van der Waals surface area contributed by atoms with Crippen molar-refractivity contribution in [2.45, 2.75) is 31.8 Å². The van der Waals surface area contributed by atoms with Gasteiger partial charge in [0.15, 0.2) is 0 Å². The fourth-order valence-corrected chi connectivity index (χ4v) is 3.59. The third-order valence-electron chi connectivity index (χ3n) is 3.51. The molecule has 128 valence electrons. The van der Waals surface area contributed by atoms with Crippen LogP contribution in [-0.4, -0.2) is 21.0 Å². The number of pyridine rings is 1. The molecule has 0 aliphatic heterocycles. The van der Waals surface area contributed by atoms with Gasteiger partial charge < -0.3 is 14.5 Å². The molecule has 1 heterocycles. The lowest BCUT2D eigenvalue weighted by Crippen LogP contribution is -2.13. The number of carbonyl (C=O) groups is 1. The van der Waals surface area contributed by atoms with Crippen LogP contribution in [0.5, 0.6) is 5.88 Å². The largest absolute Gasteiger partial charge is 0.481 e. The minimum Gasteiger partial charge on any atom is -0.481 e. The molecule has 0 aliphatic rings. The van der Waals surface area contributed by atoms with Crippen molar-refractivity contribution in [2.75, 3.05) is 0 Å². The monoisotopic (exact) mass is 349 g/mol. The quantitative estimate of drug-likeness (QED) is 0.703. The molecular weight excluding hydrogens is 329 g/mol. The van der Waals surface area contributed by atoms with Gasteiger partial charge in [-0.3, -0.25) is 4.79 Å². The van der Waals surface area contributed by atoms with Crippen molar-refractivity contribution < 1.29 is 23.9 Å². The van der Waals surface area contributed by atoms with Crippen molar-refractivity contribution in [2.24, 2.45) is 0 Å². The first-order valence-corrected chi connectivity index (χ1v) is 9.42. The molecule has 24 heavy (non-hydrogen) atoms. The second kappa shape index (κ2) is 8.08. The zero-order valence-corrected chi connectivity index (χ0v) is 14.2. The average molecular weight is 349 g/mol. The molecule has 0 fully saturated rings. The highest BCUT2D eigenvalue weighted by molar-refractivity contribution is 7.52. The van der Waals surface area contributed by atoms with E-state index >= 15 is 0 Å². The SMILES string of the molecule is CCCC(C(=O)O)c1cccnc1OP(=O)(O)Cc1ccccc1. The number of aliphatic carboxylic acids is 1. The van der Waals surface area contributed by atoms with E-state index < -0.39 is 19.5 Å². The minimum absolute atomic E-state index is 0.0971. The van der Waals surface area contributed by atoms with E-state index in [4.69, 9.17) is 4.52 Å². The third kappa shape index (κ3) is 4.91. The van der Waals surface area contributed by atoms with E-state index in [1.807, 2.05) is 13.0 Å². The maximum absolute atomic E-state index is 12.4. The van der Waals surface area contributed by atoms with Crippen LogP contribution in [0, 0.1) is 0 Å². The van der Waals surface area contributed by atoms with Crippen LogP contribution in [0.2, 0.25) is 0 Å². The van der Waals surface area contributed by atoms with Crippen LogP contribution in [0.25, 0.3) is 0 Å². The molecule has 0 bridgehead atoms. The number of carboxylic acid groups (broad SMARTS) is 1. The second-order valence-corrected chi connectivity index (χ2v) is 7.22.